The largest absolute Gasteiger partial charge is 0.350 e. The molecule has 0 amide bonds. The maximum atomic E-state index is 3.43. The fraction of sp³-hybridized carbons (Fsp3) is 0.333. The second-order valence-electron chi connectivity index (χ2n) is 4.38. The van der Waals surface area contributed by atoms with Gasteiger partial charge in [-0.15, -0.1) is 0 Å². The summed E-state index contributed by atoms with van der Waals surface area (Å²) in [6, 6.07) is 13.2. The number of rotatable bonds is 5. The average molecular weight is 228 g/mol. The summed E-state index contributed by atoms with van der Waals surface area (Å²) in [5, 5.41) is 3.43. The molecule has 0 fully saturated rings. The Balaban J connectivity index is 2.04. The molecule has 90 valence electrons. The van der Waals surface area contributed by atoms with Crippen LogP contribution < -0.4 is 5.32 Å². The lowest BCUT2D eigenvalue weighted by Crippen LogP contribution is -2.17. The van der Waals surface area contributed by atoms with Gasteiger partial charge in [-0.2, -0.15) is 0 Å². The summed E-state index contributed by atoms with van der Waals surface area (Å²) in [6.45, 7) is 6.29. The minimum Gasteiger partial charge on any atom is -0.350 e. The molecule has 0 unspecified atom stereocenters. The first kappa shape index (κ1) is 11.9. The molecule has 1 heterocycles. The zero-order valence-corrected chi connectivity index (χ0v) is 10.6. The van der Waals surface area contributed by atoms with Crippen molar-refractivity contribution in [3.8, 4) is 0 Å². The molecule has 0 aliphatic rings. The molecule has 0 aliphatic heterocycles. The molecule has 0 radical (unpaired) electrons. The minimum absolute atomic E-state index is 0.428. The molecular formula is C15H20N2. The summed E-state index contributed by atoms with van der Waals surface area (Å²) < 4.78 is 2.23. The van der Waals surface area contributed by atoms with Gasteiger partial charge in [0.25, 0.3) is 0 Å². The molecular weight excluding hydrogens is 208 g/mol. The Morgan fingerprint density at radius 2 is 1.94 bits per heavy atom. The lowest BCUT2D eigenvalue weighted by Gasteiger charge is -2.09. The van der Waals surface area contributed by atoms with E-state index in [9.17, 15) is 0 Å². The van der Waals surface area contributed by atoms with Gasteiger partial charge in [-0.1, -0.05) is 37.3 Å². The summed E-state index contributed by atoms with van der Waals surface area (Å²) in [5.41, 5.74) is 2.69. The maximum Gasteiger partial charge on any atom is 0.0470 e. The van der Waals surface area contributed by atoms with Crippen LogP contribution in [0.25, 0.3) is 0 Å². The van der Waals surface area contributed by atoms with Crippen molar-refractivity contribution in [3.63, 3.8) is 0 Å². The number of benzene rings is 1. The molecule has 2 aromatic rings. The van der Waals surface area contributed by atoms with Crippen molar-refractivity contribution in [2.45, 2.75) is 26.4 Å². The van der Waals surface area contributed by atoms with E-state index >= 15 is 0 Å². The Kier molecular flexibility index (Phi) is 3.99. The van der Waals surface area contributed by atoms with Crippen molar-refractivity contribution in [1.82, 2.24) is 9.88 Å². The number of hydrogen-bond donors (Lipinski definition) is 1. The van der Waals surface area contributed by atoms with Crippen LogP contribution in [0.4, 0.5) is 0 Å². The van der Waals surface area contributed by atoms with Crippen LogP contribution in [0.2, 0.25) is 0 Å². The Labute approximate surface area is 103 Å². The number of hydrogen-bond acceptors (Lipinski definition) is 1. The summed E-state index contributed by atoms with van der Waals surface area (Å²) >= 11 is 0. The second kappa shape index (κ2) is 5.69. The molecule has 2 heteroatoms. The highest BCUT2D eigenvalue weighted by Gasteiger charge is 2.05. The zero-order chi connectivity index (χ0) is 12.1. The van der Waals surface area contributed by atoms with Gasteiger partial charge in [-0.05, 0) is 30.7 Å². The third kappa shape index (κ3) is 3.21. The Bertz CT molecular complexity index is 445. The van der Waals surface area contributed by atoms with E-state index in [0.717, 1.165) is 13.1 Å². The van der Waals surface area contributed by atoms with Gasteiger partial charge in [0.1, 0.15) is 0 Å². The molecule has 1 aromatic heterocycles. The molecule has 1 N–H and O–H groups in total. The summed E-state index contributed by atoms with van der Waals surface area (Å²) in [7, 11) is 0. The summed E-state index contributed by atoms with van der Waals surface area (Å²) in [4.78, 5) is 0. The molecule has 2 rings (SSSR count). The van der Waals surface area contributed by atoms with E-state index < -0.39 is 0 Å². The van der Waals surface area contributed by atoms with Gasteiger partial charge in [0.2, 0.25) is 0 Å². The molecule has 0 aliphatic carbocycles. The number of aromatic nitrogens is 1. The zero-order valence-electron chi connectivity index (χ0n) is 10.6. The van der Waals surface area contributed by atoms with Crippen LogP contribution in [0.3, 0.4) is 0 Å². The first-order valence-corrected chi connectivity index (χ1v) is 6.22. The van der Waals surface area contributed by atoms with E-state index in [1.165, 1.54) is 11.1 Å². The Hall–Kier alpha value is -1.54. The molecule has 17 heavy (non-hydrogen) atoms. The first-order chi connectivity index (χ1) is 8.29. The van der Waals surface area contributed by atoms with Crippen LogP contribution in [-0.4, -0.2) is 11.1 Å². The topological polar surface area (TPSA) is 17.0 Å². The van der Waals surface area contributed by atoms with Crippen LogP contribution in [0, 0.1) is 0 Å². The average Bonchev–Trinajstić information content (AvgIpc) is 2.79. The van der Waals surface area contributed by atoms with Crippen molar-refractivity contribution in [2.24, 2.45) is 0 Å². The minimum atomic E-state index is 0.428. The highest BCUT2D eigenvalue weighted by atomic mass is 15.0. The van der Waals surface area contributed by atoms with Gasteiger partial charge >= 0.3 is 0 Å². The van der Waals surface area contributed by atoms with Crippen molar-refractivity contribution in [3.05, 3.63) is 59.9 Å². The SMILES string of the molecule is CCN[C@@H](C)c1ccn(Cc2ccccc2)c1. The third-order valence-corrected chi connectivity index (χ3v) is 2.99. The van der Waals surface area contributed by atoms with Crippen molar-refractivity contribution >= 4 is 0 Å². The highest BCUT2D eigenvalue weighted by Crippen LogP contribution is 2.13. The van der Waals surface area contributed by atoms with E-state index in [0.29, 0.717) is 6.04 Å². The lowest BCUT2D eigenvalue weighted by molar-refractivity contribution is 0.596. The van der Waals surface area contributed by atoms with E-state index in [1.54, 1.807) is 0 Å². The molecule has 1 aromatic carbocycles. The predicted octanol–water partition coefficient (Wildman–Crippen LogP) is 3.21. The van der Waals surface area contributed by atoms with Crippen LogP contribution >= 0.6 is 0 Å². The fourth-order valence-corrected chi connectivity index (χ4v) is 2.03. The first-order valence-electron chi connectivity index (χ1n) is 6.22. The summed E-state index contributed by atoms with van der Waals surface area (Å²) in [5.74, 6) is 0. The van der Waals surface area contributed by atoms with E-state index in [-0.39, 0.29) is 0 Å². The van der Waals surface area contributed by atoms with Crippen LogP contribution in [-0.2, 0) is 6.54 Å². The second-order valence-corrected chi connectivity index (χ2v) is 4.38. The molecule has 0 saturated heterocycles. The number of nitrogens with one attached hydrogen (secondary N) is 1. The van der Waals surface area contributed by atoms with Gasteiger partial charge in [-0.3, -0.25) is 0 Å². The predicted molar refractivity (Wildman–Crippen MR) is 72.1 cm³/mol. The van der Waals surface area contributed by atoms with Crippen molar-refractivity contribution in [2.75, 3.05) is 6.54 Å². The standard InChI is InChI=1S/C15H20N2/c1-3-16-13(2)15-9-10-17(12-15)11-14-7-5-4-6-8-14/h4-10,12-13,16H,3,11H2,1-2H3/t13-/m0/s1. The van der Waals surface area contributed by atoms with Gasteiger partial charge in [0, 0.05) is 25.0 Å². The smallest absolute Gasteiger partial charge is 0.0470 e. The maximum absolute atomic E-state index is 3.43. The lowest BCUT2D eigenvalue weighted by atomic mass is 10.2. The molecule has 0 saturated carbocycles. The fourth-order valence-electron chi connectivity index (χ4n) is 2.03. The van der Waals surface area contributed by atoms with E-state index in [4.69, 9.17) is 0 Å². The summed E-state index contributed by atoms with van der Waals surface area (Å²) in [6.07, 6.45) is 4.37. The molecule has 0 spiro atoms. The van der Waals surface area contributed by atoms with Gasteiger partial charge in [0.05, 0.1) is 0 Å². The number of nitrogens with zero attached hydrogens (tertiary/aromatic N) is 1. The Morgan fingerprint density at radius 1 is 1.18 bits per heavy atom. The van der Waals surface area contributed by atoms with Crippen LogP contribution in [0.5, 0.6) is 0 Å². The van der Waals surface area contributed by atoms with Crippen LogP contribution in [0.1, 0.15) is 31.0 Å². The molecule has 2 nitrogen and oxygen atoms in total. The quantitative estimate of drug-likeness (QED) is 0.831. The molecule has 0 bridgehead atoms. The van der Waals surface area contributed by atoms with Gasteiger partial charge < -0.3 is 9.88 Å². The van der Waals surface area contributed by atoms with Crippen LogP contribution in [0.15, 0.2) is 48.8 Å². The van der Waals surface area contributed by atoms with E-state index in [2.05, 4.69) is 72.5 Å². The van der Waals surface area contributed by atoms with Crippen molar-refractivity contribution < 1.29 is 0 Å². The highest BCUT2D eigenvalue weighted by molar-refractivity contribution is 5.19. The van der Waals surface area contributed by atoms with Gasteiger partial charge in [0.15, 0.2) is 0 Å². The normalized spacial score (nSPS) is 12.6. The third-order valence-electron chi connectivity index (χ3n) is 2.99. The Morgan fingerprint density at radius 3 is 2.65 bits per heavy atom. The van der Waals surface area contributed by atoms with Crippen molar-refractivity contribution in [1.29, 1.82) is 0 Å². The van der Waals surface area contributed by atoms with E-state index in [1.807, 2.05) is 0 Å². The monoisotopic (exact) mass is 228 g/mol. The molecule has 1 atom stereocenters. The van der Waals surface area contributed by atoms with Gasteiger partial charge in [-0.25, -0.2) is 0 Å².